The molecule has 0 unspecified atom stereocenters. The van der Waals surface area contributed by atoms with Gasteiger partial charge in [-0.25, -0.2) is 4.98 Å². The van der Waals surface area contributed by atoms with Gasteiger partial charge in [0, 0.05) is 13.1 Å². The van der Waals surface area contributed by atoms with Crippen LogP contribution < -0.4 is 10.6 Å². The molecule has 0 spiro atoms. The Morgan fingerprint density at radius 2 is 1.81 bits per heavy atom. The average molecular weight is 295 g/mol. The second-order valence-electron chi connectivity index (χ2n) is 5.22. The second-order valence-corrected chi connectivity index (χ2v) is 5.22. The predicted molar refractivity (Wildman–Crippen MR) is 85.9 cm³/mol. The van der Waals surface area contributed by atoms with Crippen molar-refractivity contribution in [1.82, 2.24) is 9.88 Å². The molecule has 0 aliphatic rings. The van der Waals surface area contributed by atoms with Gasteiger partial charge in [0.2, 0.25) is 0 Å². The summed E-state index contributed by atoms with van der Waals surface area (Å²) in [5.41, 5.74) is 0.0550. The van der Waals surface area contributed by atoms with Crippen LogP contribution in [0.1, 0.15) is 26.2 Å². The molecule has 1 rings (SSSR count). The molecule has 1 aromatic rings. The summed E-state index contributed by atoms with van der Waals surface area (Å²) in [7, 11) is 4.09. The van der Waals surface area contributed by atoms with Crippen molar-refractivity contribution in [3.63, 3.8) is 0 Å². The lowest BCUT2D eigenvalue weighted by atomic mass is 10.3. The normalized spacial score (nSPS) is 10.7. The van der Waals surface area contributed by atoms with Crippen LogP contribution in [0.15, 0.2) is 12.1 Å². The van der Waals surface area contributed by atoms with Gasteiger partial charge in [-0.3, -0.25) is 10.1 Å². The molecule has 0 fully saturated rings. The first kappa shape index (κ1) is 17.2. The SMILES string of the molecule is CCCNc1cc([N+](=O)[O-])cc(NCCCCN(C)C)n1. The van der Waals surface area contributed by atoms with Gasteiger partial charge in [0.25, 0.3) is 5.69 Å². The van der Waals surface area contributed by atoms with Crippen molar-refractivity contribution >= 4 is 17.3 Å². The highest BCUT2D eigenvalue weighted by Crippen LogP contribution is 2.20. The van der Waals surface area contributed by atoms with Gasteiger partial charge >= 0.3 is 0 Å². The third kappa shape index (κ3) is 6.89. The zero-order valence-corrected chi connectivity index (χ0v) is 13.1. The van der Waals surface area contributed by atoms with Crippen LogP contribution in [0.25, 0.3) is 0 Å². The van der Waals surface area contributed by atoms with E-state index in [9.17, 15) is 10.1 Å². The number of unbranched alkanes of at least 4 members (excludes halogenated alkanes) is 1. The highest BCUT2D eigenvalue weighted by molar-refractivity contribution is 5.54. The van der Waals surface area contributed by atoms with Crippen LogP contribution in [0.3, 0.4) is 0 Å². The van der Waals surface area contributed by atoms with E-state index in [0.29, 0.717) is 11.6 Å². The van der Waals surface area contributed by atoms with Crippen molar-refractivity contribution < 1.29 is 4.92 Å². The first-order valence-electron chi connectivity index (χ1n) is 7.32. The second kappa shape index (κ2) is 9.12. The van der Waals surface area contributed by atoms with Crippen LogP contribution >= 0.6 is 0 Å². The summed E-state index contributed by atoms with van der Waals surface area (Å²) in [5.74, 6) is 1.09. The van der Waals surface area contributed by atoms with Crippen LogP contribution in [-0.2, 0) is 0 Å². The van der Waals surface area contributed by atoms with Crippen molar-refractivity contribution in [2.45, 2.75) is 26.2 Å². The molecular weight excluding hydrogens is 270 g/mol. The Labute approximate surface area is 125 Å². The Kier molecular flexibility index (Phi) is 7.45. The highest BCUT2D eigenvalue weighted by Gasteiger charge is 2.10. The number of nitrogens with zero attached hydrogens (tertiary/aromatic N) is 3. The Morgan fingerprint density at radius 3 is 2.33 bits per heavy atom. The minimum absolute atomic E-state index is 0.0550. The Hall–Kier alpha value is -1.89. The van der Waals surface area contributed by atoms with E-state index < -0.39 is 4.92 Å². The van der Waals surface area contributed by atoms with Gasteiger partial charge in [0.1, 0.15) is 11.6 Å². The first-order valence-corrected chi connectivity index (χ1v) is 7.32. The molecule has 21 heavy (non-hydrogen) atoms. The molecule has 0 aromatic carbocycles. The number of anilines is 2. The lowest BCUT2D eigenvalue weighted by Gasteiger charge is -2.11. The van der Waals surface area contributed by atoms with Crippen LogP contribution in [0, 0.1) is 10.1 Å². The number of rotatable bonds is 10. The lowest BCUT2D eigenvalue weighted by Crippen LogP contribution is -2.14. The van der Waals surface area contributed by atoms with Crippen molar-refractivity contribution in [3.8, 4) is 0 Å². The van der Waals surface area contributed by atoms with E-state index in [-0.39, 0.29) is 5.69 Å². The molecule has 7 heteroatoms. The Morgan fingerprint density at radius 1 is 1.19 bits per heavy atom. The number of aromatic nitrogens is 1. The van der Waals surface area contributed by atoms with Crippen molar-refractivity contribution in [2.24, 2.45) is 0 Å². The topological polar surface area (TPSA) is 83.3 Å². The van der Waals surface area contributed by atoms with Gasteiger partial charge in [-0.05, 0) is 39.9 Å². The van der Waals surface area contributed by atoms with Crippen LogP contribution in [0.5, 0.6) is 0 Å². The van der Waals surface area contributed by atoms with E-state index in [4.69, 9.17) is 0 Å². The Bertz CT molecular complexity index is 451. The molecule has 0 saturated heterocycles. The predicted octanol–water partition coefficient (Wildman–Crippen LogP) is 2.57. The fourth-order valence-corrected chi connectivity index (χ4v) is 1.83. The lowest BCUT2D eigenvalue weighted by molar-refractivity contribution is -0.384. The van der Waals surface area contributed by atoms with Crippen molar-refractivity contribution in [3.05, 3.63) is 22.2 Å². The standard InChI is InChI=1S/C14H25N5O2/c1-4-7-15-13-10-12(19(20)21)11-14(17-13)16-8-5-6-9-18(2)3/h10-11H,4-9H2,1-3H3,(H2,15,16,17). The van der Waals surface area contributed by atoms with E-state index in [2.05, 4.69) is 20.5 Å². The molecule has 0 aliphatic carbocycles. The van der Waals surface area contributed by atoms with Crippen LogP contribution in [0.2, 0.25) is 0 Å². The van der Waals surface area contributed by atoms with Crippen molar-refractivity contribution in [2.75, 3.05) is 44.4 Å². The summed E-state index contributed by atoms with van der Waals surface area (Å²) >= 11 is 0. The van der Waals surface area contributed by atoms with E-state index in [0.717, 1.165) is 38.9 Å². The fraction of sp³-hybridized carbons (Fsp3) is 0.643. The number of pyridine rings is 1. The smallest absolute Gasteiger partial charge is 0.276 e. The molecule has 0 bridgehead atoms. The number of hydrogen-bond donors (Lipinski definition) is 2. The summed E-state index contributed by atoms with van der Waals surface area (Å²) < 4.78 is 0. The summed E-state index contributed by atoms with van der Waals surface area (Å²) in [6.07, 6.45) is 3.02. The summed E-state index contributed by atoms with van der Waals surface area (Å²) in [5, 5.41) is 17.2. The molecular formula is C14H25N5O2. The van der Waals surface area contributed by atoms with Gasteiger partial charge in [-0.1, -0.05) is 6.92 Å². The maximum atomic E-state index is 10.9. The maximum Gasteiger partial charge on any atom is 0.276 e. The summed E-state index contributed by atoms with van der Waals surface area (Å²) in [6, 6.07) is 2.94. The van der Waals surface area contributed by atoms with Gasteiger partial charge in [-0.15, -0.1) is 0 Å². The molecule has 118 valence electrons. The zero-order valence-electron chi connectivity index (χ0n) is 13.1. The largest absolute Gasteiger partial charge is 0.370 e. The number of hydrogen-bond acceptors (Lipinski definition) is 6. The molecule has 1 aromatic heterocycles. The molecule has 0 radical (unpaired) electrons. The number of nitrogens with one attached hydrogen (secondary N) is 2. The minimum Gasteiger partial charge on any atom is -0.370 e. The third-order valence-electron chi connectivity index (χ3n) is 2.92. The first-order chi connectivity index (χ1) is 10.0. The van der Waals surface area contributed by atoms with E-state index in [1.807, 2.05) is 21.0 Å². The van der Waals surface area contributed by atoms with Crippen LogP contribution in [-0.4, -0.2) is 48.5 Å². The molecule has 0 amide bonds. The summed E-state index contributed by atoms with van der Waals surface area (Å²) in [4.78, 5) is 17.0. The quantitative estimate of drug-likeness (QED) is 0.392. The summed E-state index contributed by atoms with van der Waals surface area (Å²) in [6.45, 7) is 4.58. The maximum absolute atomic E-state index is 10.9. The molecule has 2 N–H and O–H groups in total. The molecule has 7 nitrogen and oxygen atoms in total. The minimum atomic E-state index is -0.393. The van der Waals surface area contributed by atoms with E-state index in [1.165, 1.54) is 12.1 Å². The molecule has 1 heterocycles. The number of nitro groups is 1. The van der Waals surface area contributed by atoms with Gasteiger partial charge in [-0.2, -0.15) is 0 Å². The average Bonchev–Trinajstić information content (AvgIpc) is 2.44. The van der Waals surface area contributed by atoms with E-state index >= 15 is 0 Å². The monoisotopic (exact) mass is 295 g/mol. The molecule has 0 saturated carbocycles. The third-order valence-corrected chi connectivity index (χ3v) is 2.92. The molecule has 0 aliphatic heterocycles. The van der Waals surface area contributed by atoms with Gasteiger partial charge in [0.15, 0.2) is 0 Å². The van der Waals surface area contributed by atoms with Gasteiger partial charge < -0.3 is 15.5 Å². The van der Waals surface area contributed by atoms with Crippen molar-refractivity contribution in [1.29, 1.82) is 0 Å². The zero-order chi connectivity index (χ0) is 15.7. The van der Waals surface area contributed by atoms with Crippen LogP contribution in [0.4, 0.5) is 17.3 Å². The van der Waals surface area contributed by atoms with Gasteiger partial charge in [0.05, 0.1) is 17.1 Å². The fourth-order valence-electron chi connectivity index (χ4n) is 1.83. The highest BCUT2D eigenvalue weighted by atomic mass is 16.6. The van der Waals surface area contributed by atoms with E-state index in [1.54, 1.807) is 0 Å². The molecule has 0 atom stereocenters. The Balaban J connectivity index is 2.58.